The number of methoxy groups -OCH3 is 1. The van der Waals surface area contributed by atoms with Crippen LogP contribution in [0, 0.1) is 0 Å². The molecule has 0 fully saturated rings. The monoisotopic (exact) mass is 502 g/mol. The number of nitrogens with zero attached hydrogens (tertiary/aromatic N) is 2. The quantitative estimate of drug-likeness (QED) is 0.309. The van der Waals surface area contributed by atoms with E-state index in [1.165, 1.54) is 0 Å². The minimum absolute atomic E-state index is 0.0335. The molecule has 0 saturated carbocycles. The Morgan fingerprint density at radius 2 is 1.43 bits per heavy atom. The molecule has 2 N–H and O–H groups in total. The van der Waals surface area contributed by atoms with E-state index in [4.69, 9.17) is 18.6 Å². The van der Waals surface area contributed by atoms with Crippen LogP contribution in [0.4, 0.5) is 11.7 Å². The number of benzene rings is 3. The molecule has 0 aliphatic heterocycles. The number of nitrogens with one attached hydrogen (secondary N) is 2. The van der Waals surface area contributed by atoms with Gasteiger partial charge in [-0.2, -0.15) is 0 Å². The van der Waals surface area contributed by atoms with E-state index >= 15 is 0 Å². The Balaban J connectivity index is 1.38. The van der Waals surface area contributed by atoms with Gasteiger partial charge in [-0.25, -0.2) is 0 Å². The normalized spacial score (nSPS) is 10.5. The van der Waals surface area contributed by atoms with Crippen molar-refractivity contribution < 1.29 is 28.2 Å². The second kappa shape index (κ2) is 11.7. The summed E-state index contributed by atoms with van der Waals surface area (Å²) in [5.41, 5.74) is 1.97. The Morgan fingerprint density at radius 3 is 2.11 bits per heavy atom. The van der Waals surface area contributed by atoms with E-state index in [0.29, 0.717) is 52.8 Å². The number of hydrogen-bond donors (Lipinski definition) is 2. The van der Waals surface area contributed by atoms with E-state index in [2.05, 4.69) is 20.8 Å². The number of ether oxygens (including phenoxy) is 3. The van der Waals surface area contributed by atoms with E-state index in [-0.39, 0.29) is 17.8 Å². The molecule has 0 aliphatic carbocycles. The van der Waals surface area contributed by atoms with Gasteiger partial charge in [-0.1, -0.05) is 5.10 Å². The first-order chi connectivity index (χ1) is 18.0. The zero-order valence-corrected chi connectivity index (χ0v) is 20.6. The van der Waals surface area contributed by atoms with Crippen molar-refractivity contribution in [2.24, 2.45) is 0 Å². The molecule has 190 valence electrons. The highest BCUT2D eigenvalue weighted by Crippen LogP contribution is 2.29. The highest BCUT2D eigenvalue weighted by Gasteiger charge is 2.15. The van der Waals surface area contributed by atoms with Crippen molar-refractivity contribution in [2.45, 2.75) is 13.8 Å². The van der Waals surface area contributed by atoms with Crippen LogP contribution >= 0.6 is 0 Å². The van der Waals surface area contributed by atoms with Gasteiger partial charge in [-0.15, -0.1) is 5.10 Å². The van der Waals surface area contributed by atoms with Gasteiger partial charge in [0.05, 0.1) is 20.3 Å². The van der Waals surface area contributed by atoms with E-state index in [0.717, 1.165) is 0 Å². The molecule has 0 bridgehead atoms. The first-order valence-corrected chi connectivity index (χ1v) is 11.6. The van der Waals surface area contributed by atoms with Crippen LogP contribution in [0.5, 0.6) is 17.2 Å². The van der Waals surface area contributed by atoms with E-state index < -0.39 is 5.91 Å². The number of hydrogen-bond acceptors (Lipinski definition) is 8. The maximum atomic E-state index is 12.7. The van der Waals surface area contributed by atoms with Gasteiger partial charge in [0.15, 0.2) is 11.5 Å². The predicted molar refractivity (Wildman–Crippen MR) is 137 cm³/mol. The molecular weight excluding hydrogens is 476 g/mol. The maximum Gasteiger partial charge on any atom is 0.322 e. The Bertz CT molecular complexity index is 1370. The van der Waals surface area contributed by atoms with Crippen LogP contribution in [0.25, 0.3) is 11.5 Å². The lowest BCUT2D eigenvalue weighted by molar-refractivity contribution is 0.101. The number of anilines is 2. The Kier molecular flexibility index (Phi) is 7.99. The average molecular weight is 503 g/mol. The molecule has 0 radical (unpaired) electrons. The first-order valence-electron chi connectivity index (χ1n) is 11.6. The third kappa shape index (κ3) is 6.23. The number of amides is 2. The summed E-state index contributed by atoms with van der Waals surface area (Å²) < 4.78 is 21.8. The van der Waals surface area contributed by atoms with Crippen molar-refractivity contribution in [3.8, 4) is 28.7 Å². The summed E-state index contributed by atoms with van der Waals surface area (Å²) in [5, 5.41) is 13.2. The molecular formula is C27H26N4O6. The Hall–Kier alpha value is -4.86. The fourth-order valence-electron chi connectivity index (χ4n) is 3.39. The van der Waals surface area contributed by atoms with Crippen LogP contribution in [-0.4, -0.2) is 42.3 Å². The highest BCUT2D eigenvalue weighted by molar-refractivity contribution is 6.06. The summed E-state index contributed by atoms with van der Waals surface area (Å²) in [6, 6.07) is 18.5. The summed E-state index contributed by atoms with van der Waals surface area (Å²) in [5.74, 6) is 1.28. The summed E-state index contributed by atoms with van der Waals surface area (Å²) in [6.45, 7) is 4.67. The van der Waals surface area contributed by atoms with Crippen LogP contribution in [0.15, 0.2) is 71.1 Å². The lowest BCUT2D eigenvalue weighted by atomic mass is 10.1. The topological polar surface area (TPSA) is 125 Å². The van der Waals surface area contributed by atoms with Gasteiger partial charge in [0, 0.05) is 22.4 Å². The van der Waals surface area contributed by atoms with Crippen molar-refractivity contribution in [1.82, 2.24) is 10.2 Å². The van der Waals surface area contributed by atoms with Gasteiger partial charge >= 0.3 is 6.01 Å². The molecule has 10 heteroatoms. The summed E-state index contributed by atoms with van der Waals surface area (Å²) in [4.78, 5) is 25.3. The van der Waals surface area contributed by atoms with Gasteiger partial charge in [-0.05, 0) is 80.6 Å². The van der Waals surface area contributed by atoms with Gasteiger partial charge in [0.2, 0.25) is 5.89 Å². The molecule has 1 aromatic heterocycles. The number of aromatic nitrogens is 2. The average Bonchev–Trinajstić information content (AvgIpc) is 3.38. The molecule has 1 heterocycles. The van der Waals surface area contributed by atoms with Gasteiger partial charge in [0.25, 0.3) is 11.8 Å². The number of carbonyl (C=O) groups is 2. The zero-order chi connectivity index (χ0) is 26.2. The smallest absolute Gasteiger partial charge is 0.322 e. The van der Waals surface area contributed by atoms with Crippen molar-refractivity contribution in [1.29, 1.82) is 0 Å². The summed E-state index contributed by atoms with van der Waals surface area (Å²) in [6.07, 6.45) is 0. The van der Waals surface area contributed by atoms with Crippen molar-refractivity contribution in [2.75, 3.05) is 31.0 Å². The van der Waals surface area contributed by atoms with Crippen LogP contribution in [0.2, 0.25) is 0 Å². The molecule has 0 spiro atoms. The molecule has 4 aromatic rings. The van der Waals surface area contributed by atoms with Crippen LogP contribution < -0.4 is 24.8 Å². The van der Waals surface area contributed by atoms with Gasteiger partial charge in [0.1, 0.15) is 5.75 Å². The SMILES string of the molecule is CCOc1ccc(C(=O)Nc2ccc(C(=O)Nc3nnc(-c4ccc(OC)cc4)o3)cc2)cc1OCC. The minimum Gasteiger partial charge on any atom is -0.497 e. The largest absolute Gasteiger partial charge is 0.497 e. The molecule has 2 amide bonds. The third-order valence-electron chi connectivity index (χ3n) is 5.19. The van der Waals surface area contributed by atoms with E-state index in [1.54, 1.807) is 73.8 Å². The molecule has 0 atom stereocenters. The molecule has 0 aliphatic rings. The van der Waals surface area contributed by atoms with Crippen LogP contribution in [0.1, 0.15) is 34.6 Å². The molecule has 37 heavy (non-hydrogen) atoms. The highest BCUT2D eigenvalue weighted by atomic mass is 16.5. The number of carbonyl (C=O) groups excluding carboxylic acids is 2. The minimum atomic E-state index is -0.435. The lowest BCUT2D eigenvalue weighted by Gasteiger charge is -2.12. The molecule has 4 rings (SSSR count). The second-order valence-electron chi connectivity index (χ2n) is 7.65. The second-order valence-corrected chi connectivity index (χ2v) is 7.65. The third-order valence-corrected chi connectivity index (χ3v) is 5.19. The summed E-state index contributed by atoms with van der Waals surface area (Å²) >= 11 is 0. The van der Waals surface area contributed by atoms with E-state index in [9.17, 15) is 9.59 Å². The Labute approximate surface area is 213 Å². The fraction of sp³-hybridized carbons (Fsp3) is 0.185. The van der Waals surface area contributed by atoms with Gasteiger partial charge < -0.3 is 23.9 Å². The molecule has 0 unspecified atom stereocenters. The molecule has 0 saturated heterocycles. The fourth-order valence-corrected chi connectivity index (χ4v) is 3.39. The standard InChI is InChI=1S/C27H26N4O6/c1-4-35-22-15-10-19(16-23(22)36-5-2)25(33)28-20-11-6-17(7-12-20)24(32)29-27-31-30-26(37-27)18-8-13-21(34-3)14-9-18/h6-16H,4-5H2,1-3H3,(H,28,33)(H,29,31,32). The lowest BCUT2D eigenvalue weighted by Crippen LogP contribution is -2.14. The molecule has 10 nitrogen and oxygen atoms in total. The Morgan fingerprint density at radius 1 is 0.784 bits per heavy atom. The van der Waals surface area contributed by atoms with Crippen molar-refractivity contribution in [3.05, 3.63) is 77.9 Å². The first kappa shape index (κ1) is 25.2. The predicted octanol–water partition coefficient (Wildman–Crippen LogP) is 5.05. The zero-order valence-electron chi connectivity index (χ0n) is 20.6. The maximum absolute atomic E-state index is 12.7. The molecule has 3 aromatic carbocycles. The van der Waals surface area contributed by atoms with Crippen LogP contribution in [0.3, 0.4) is 0 Å². The summed E-state index contributed by atoms with van der Waals surface area (Å²) in [7, 11) is 1.58. The van der Waals surface area contributed by atoms with Crippen LogP contribution in [-0.2, 0) is 0 Å². The van der Waals surface area contributed by atoms with Crippen molar-refractivity contribution in [3.63, 3.8) is 0 Å². The number of rotatable bonds is 10. The van der Waals surface area contributed by atoms with Gasteiger partial charge in [-0.3, -0.25) is 14.9 Å². The van der Waals surface area contributed by atoms with E-state index in [1.807, 2.05) is 13.8 Å². The van der Waals surface area contributed by atoms with Crippen molar-refractivity contribution >= 4 is 23.5 Å².